The summed E-state index contributed by atoms with van der Waals surface area (Å²) in [5.41, 5.74) is -3.78. The molecule has 0 saturated carbocycles. The van der Waals surface area contributed by atoms with Gasteiger partial charge in [0.05, 0.1) is 11.3 Å². The Hall–Kier alpha value is -2.65. The van der Waals surface area contributed by atoms with E-state index in [2.05, 4.69) is 16.8 Å². The third-order valence-electron chi connectivity index (χ3n) is 2.69. The molecule has 0 aliphatic carbocycles. The third kappa shape index (κ3) is 6.54. The second-order valence-electron chi connectivity index (χ2n) is 7.50. The molecular weight excluding hydrogens is 367 g/mol. The second kappa shape index (κ2) is 7.53. The van der Waals surface area contributed by atoms with Gasteiger partial charge in [-0.2, -0.15) is 18.1 Å². The summed E-state index contributed by atoms with van der Waals surface area (Å²) in [6.45, 7) is 12.4. The van der Waals surface area contributed by atoms with Crippen LogP contribution in [0.2, 0.25) is 0 Å². The minimum atomic E-state index is -4.80. The number of ether oxygens (including phenoxy) is 2. The first-order chi connectivity index (χ1) is 12.0. The average Bonchev–Trinajstić information content (AvgIpc) is 2.42. The van der Waals surface area contributed by atoms with E-state index in [1.807, 2.05) is 0 Å². The first-order valence-electron chi connectivity index (χ1n) is 7.88. The van der Waals surface area contributed by atoms with Gasteiger partial charge in [0.25, 0.3) is 0 Å². The van der Waals surface area contributed by atoms with Gasteiger partial charge in [0.1, 0.15) is 11.2 Å². The predicted octanol–water partition coefficient (Wildman–Crippen LogP) is 4.82. The van der Waals surface area contributed by atoms with E-state index >= 15 is 0 Å². The first-order valence-corrected chi connectivity index (χ1v) is 7.88. The summed E-state index contributed by atoms with van der Waals surface area (Å²) in [6, 6.07) is 0.512. The highest BCUT2D eigenvalue weighted by molar-refractivity contribution is 6.08. The lowest BCUT2D eigenvalue weighted by Crippen LogP contribution is -2.44. The molecule has 0 bridgehead atoms. The Balaban J connectivity index is 3.48. The lowest BCUT2D eigenvalue weighted by atomic mass is 10.2. The number of hydrogen-bond acceptors (Lipinski definition) is 6. The minimum absolute atomic E-state index is 0.269. The average molecular weight is 389 g/mol. The van der Waals surface area contributed by atoms with Crippen LogP contribution in [-0.4, -0.2) is 33.6 Å². The molecular formula is C17H22F3N3O4. The second-order valence-corrected chi connectivity index (χ2v) is 7.50. The van der Waals surface area contributed by atoms with Crippen molar-refractivity contribution in [1.82, 2.24) is 10.2 Å². The lowest BCUT2D eigenvalue weighted by molar-refractivity contribution is -0.138. The van der Waals surface area contributed by atoms with Crippen LogP contribution in [0.4, 0.5) is 28.6 Å². The quantitative estimate of drug-likeness (QED) is 0.722. The number of hydrogen-bond donors (Lipinski definition) is 0. The number of imide groups is 1. The van der Waals surface area contributed by atoms with Crippen molar-refractivity contribution in [3.8, 4) is 0 Å². The number of halogens is 3. The number of anilines is 1. The number of rotatable bonds is 2. The monoisotopic (exact) mass is 389 g/mol. The largest absolute Gasteiger partial charge is 0.443 e. The Bertz CT molecular complexity index is 706. The standard InChI is InChI=1S/C17H22F3N3O4/c1-8-11-10(17(18,19)20)9-12(22-21-11)23(13(24)26-15(2,3)4)14(25)27-16(5,6)7/h8-9H,1H2,2-7H3. The van der Waals surface area contributed by atoms with Gasteiger partial charge in [0, 0.05) is 0 Å². The lowest BCUT2D eigenvalue weighted by Gasteiger charge is -2.28. The van der Waals surface area contributed by atoms with E-state index in [1.54, 1.807) is 0 Å². The molecule has 150 valence electrons. The summed E-state index contributed by atoms with van der Waals surface area (Å²) in [5, 5.41) is 6.93. The molecule has 10 heteroatoms. The van der Waals surface area contributed by atoms with Gasteiger partial charge in [-0.1, -0.05) is 6.58 Å². The summed E-state index contributed by atoms with van der Waals surface area (Å²) in [7, 11) is 0. The maximum Gasteiger partial charge on any atom is 0.425 e. The predicted molar refractivity (Wildman–Crippen MR) is 92.1 cm³/mol. The van der Waals surface area contributed by atoms with Gasteiger partial charge < -0.3 is 9.47 Å². The SMILES string of the molecule is C=Cc1nnc(N(C(=O)OC(C)(C)C)C(=O)OC(C)(C)C)cc1C(F)(F)F. The molecule has 27 heavy (non-hydrogen) atoms. The van der Waals surface area contributed by atoms with Crippen LogP contribution in [0.25, 0.3) is 6.08 Å². The summed E-state index contributed by atoms with van der Waals surface area (Å²) < 4.78 is 49.9. The molecule has 1 heterocycles. The van der Waals surface area contributed by atoms with Crippen LogP contribution < -0.4 is 4.90 Å². The molecule has 1 aromatic heterocycles. The van der Waals surface area contributed by atoms with E-state index in [4.69, 9.17) is 9.47 Å². The molecule has 0 spiro atoms. The van der Waals surface area contributed by atoms with Crippen LogP contribution in [-0.2, 0) is 15.7 Å². The number of carbonyl (C=O) groups is 2. The fraction of sp³-hybridized carbons (Fsp3) is 0.529. The summed E-state index contributed by atoms with van der Waals surface area (Å²) in [6.07, 6.45) is -6.43. The van der Waals surface area contributed by atoms with E-state index in [0.29, 0.717) is 6.07 Å². The van der Waals surface area contributed by atoms with Gasteiger partial charge in [0.2, 0.25) is 0 Å². The summed E-state index contributed by atoms with van der Waals surface area (Å²) in [5.74, 6) is -0.684. The maximum absolute atomic E-state index is 13.3. The highest BCUT2D eigenvalue weighted by Gasteiger charge is 2.38. The van der Waals surface area contributed by atoms with E-state index in [0.717, 1.165) is 6.08 Å². The van der Waals surface area contributed by atoms with Gasteiger partial charge >= 0.3 is 18.4 Å². The molecule has 0 aliphatic rings. The molecule has 2 amide bonds. The van der Waals surface area contributed by atoms with Crippen molar-refractivity contribution in [3.05, 3.63) is 23.9 Å². The molecule has 0 unspecified atom stereocenters. The minimum Gasteiger partial charge on any atom is -0.443 e. The van der Waals surface area contributed by atoms with Crippen LogP contribution in [0.5, 0.6) is 0 Å². The van der Waals surface area contributed by atoms with Crippen molar-refractivity contribution in [2.24, 2.45) is 0 Å². The zero-order valence-electron chi connectivity index (χ0n) is 16.0. The zero-order valence-corrected chi connectivity index (χ0v) is 16.0. The van der Waals surface area contributed by atoms with Gasteiger partial charge in [-0.3, -0.25) is 0 Å². The molecule has 0 aromatic carbocycles. The molecule has 0 radical (unpaired) electrons. The van der Waals surface area contributed by atoms with Crippen LogP contribution in [0, 0.1) is 0 Å². The van der Waals surface area contributed by atoms with Crippen molar-refractivity contribution < 1.29 is 32.2 Å². The number of nitrogens with zero attached hydrogens (tertiary/aromatic N) is 3. The number of alkyl halides is 3. The van der Waals surface area contributed by atoms with Crippen molar-refractivity contribution >= 4 is 24.1 Å². The molecule has 0 atom stereocenters. The zero-order chi connectivity index (χ0) is 21.2. The number of amides is 2. The van der Waals surface area contributed by atoms with Crippen molar-refractivity contribution in [3.63, 3.8) is 0 Å². The highest BCUT2D eigenvalue weighted by atomic mass is 19.4. The van der Waals surface area contributed by atoms with Gasteiger partial charge in [-0.25, -0.2) is 9.59 Å². The van der Waals surface area contributed by atoms with Gasteiger partial charge in [0.15, 0.2) is 5.82 Å². The molecule has 1 aromatic rings. The Morgan fingerprint density at radius 2 is 1.44 bits per heavy atom. The third-order valence-corrected chi connectivity index (χ3v) is 2.69. The fourth-order valence-electron chi connectivity index (χ4n) is 1.75. The Morgan fingerprint density at radius 3 is 1.78 bits per heavy atom. The molecule has 0 fully saturated rings. The normalized spacial score (nSPS) is 12.3. The van der Waals surface area contributed by atoms with Crippen LogP contribution in [0.1, 0.15) is 52.8 Å². The Morgan fingerprint density at radius 1 is 1.00 bits per heavy atom. The summed E-state index contributed by atoms with van der Waals surface area (Å²) >= 11 is 0. The first kappa shape index (κ1) is 22.4. The Labute approximate surface area is 155 Å². The number of aromatic nitrogens is 2. The smallest absolute Gasteiger partial charge is 0.425 e. The molecule has 0 saturated heterocycles. The van der Waals surface area contributed by atoms with Crippen molar-refractivity contribution in [1.29, 1.82) is 0 Å². The van der Waals surface area contributed by atoms with E-state index in [9.17, 15) is 22.8 Å². The van der Waals surface area contributed by atoms with Crippen LogP contribution in [0.15, 0.2) is 12.6 Å². The van der Waals surface area contributed by atoms with Crippen molar-refractivity contribution in [2.45, 2.75) is 58.9 Å². The van der Waals surface area contributed by atoms with E-state index < -0.39 is 46.6 Å². The number of carbonyl (C=O) groups excluding carboxylic acids is 2. The molecule has 1 rings (SSSR count). The van der Waals surface area contributed by atoms with E-state index in [-0.39, 0.29) is 4.90 Å². The van der Waals surface area contributed by atoms with Crippen molar-refractivity contribution in [2.75, 3.05) is 4.90 Å². The van der Waals surface area contributed by atoms with Gasteiger partial charge in [-0.15, -0.1) is 10.2 Å². The van der Waals surface area contributed by atoms with Gasteiger partial charge in [-0.05, 0) is 53.7 Å². The molecule has 0 N–H and O–H groups in total. The van der Waals surface area contributed by atoms with Crippen LogP contribution in [0.3, 0.4) is 0 Å². The fourth-order valence-corrected chi connectivity index (χ4v) is 1.75. The Kier molecular flexibility index (Phi) is 6.25. The topological polar surface area (TPSA) is 81.6 Å². The molecule has 0 aliphatic heterocycles. The molecule has 7 nitrogen and oxygen atoms in total. The summed E-state index contributed by atoms with van der Waals surface area (Å²) in [4.78, 5) is 25.1. The van der Waals surface area contributed by atoms with E-state index in [1.165, 1.54) is 41.5 Å². The highest BCUT2D eigenvalue weighted by Crippen LogP contribution is 2.33. The maximum atomic E-state index is 13.3. The van der Waals surface area contributed by atoms with Crippen LogP contribution >= 0.6 is 0 Å².